The van der Waals surface area contributed by atoms with Crippen molar-refractivity contribution in [2.75, 3.05) is 6.61 Å². The zero-order chi connectivity index (χ0) is 14.8. The van der Waals surface area contributed by atoms with Gasteiger partial charge in [-0.15, -0.1) is 0 Å². The van der Waals surface area contributed by atoms with E-state index in [1.807, 2.05) is 18.2 Å². The first kappa shape index (κ1) is 17.1. The standard InChI is InChI=1S/C15H16O.3CH3.Sn.H/c1-2-12-16-15-10-8-14(9-11-15)13-6-4-3-5-7-13;;;;;/h3-11H,2,12H2,1H3;3*1H3;;. The van der Waals surface area contributed by atoms with Gasteiger partial charge in [-0.3, -0.25) is 0 Å². The number of hydrogen-bond donors (Lipinski definition) is 0. The number of ether oxygens (including phenoxy) is 1. The van der Waals surface area contributed by atoms with Crippen LogP contribution in [-0.4, -0.2) is 26.4 Å². The Bertz CT molecular complexity index is 460. The molecule has 20 heavy (non-hydrogen) atoms. The molecule has 0 spiro atoms. The number of hydrogen-bond acceptors (Lipinski definition) is 1. The minimum absolute atomic E-state index is 0.637. The molecule has 2 aromatic carbocycles. The zero-order valence-corrected chi connectivity index (χ0v) is 16.4. The van der Waals surface area contributed by atoms with Crippen LogP contribution in [0.1, 0.15) is 13.3 Å². The summed E-state index contributed by atoms with van der Waals surface area (Å²) >= 11 is -0.637. The van der Waals surface area contributed by atoms with Crippen LogP contribution in [0.25, 0.3) is 11.1 Å². The topological polar surface area (TPSA) is 9.23 Å². The minimum atomic E-state index is -0.637. The normalized spacial score (nSPS) is 9.85. The van der Waals surface area contributed by atoms with Gasteiger partial charge in [0, 0.05) is 0 Å². The van der Waals surface area contributed by atoms with Crippen molar-refractivity contribution < 1.29 is 4.74 Å². The van der Waals surface area contributed by atoms with Gasteiger partial charge in [-0.05, 0) is 29.7 Å². The number of rotatable bonds is 4. The summed E-state index contributed by atoms with van der Waals surface area (Å²) in [6, 6.07) is 18.6. The van der Waals surface area contributed by atoms with E-state index >= 15 is 0 Å². The molecule has 2 rings (SSSR count). The van der Waals surface area contributed by atoms with Gasteiger partial charge in [0.1, 0.15) is 5.75 Å². The molecule has 1 nitrogen and oxygen atoms in total. The molecule has 0 atom stereocenters. The van der Waals surface area contributed by atoms with E-state index < -0.39 is 19.8 Å². The van der Waals surface area contributed by atoms with E-state index in [1.165, 1.54) is 11.1 Å². The van der Waals surface area contributed by atoms with Crippen LogP contribution < -0.4 is 4.74 Å². The van der Waals surface area contributed by atoms with Crippen LogP contribution in [-0.2, 0) is 0 Å². The first-order chi connectivity index (χ1) is 9.63. The van der Waals surface area contributed by atoms with E-state index in [2.05, 4.69) is 58.1 Å². The quantitative estimate of drug-likeness (QED) is 0.662. The molecule has 0 fully saturated rings. The van der Waals surface area contributed by atoms with Gasteiger partial charge in [0.25, 0.3) is 0 Å². The first-order valence-electron chi connectivity index (χ1n) is 7.41. The maximum atomic E-state index is 5.55. The van der Waals surface area contributed by atoms with Gasteiger partial charge in [0.2, 0.25) is 0 Å². The molecule has 0 bridgehead atoms. The van der Waals surface area contributed by atoms with Crippen molar-refractivity contribution in [2.24, 2.45) is 0 Å². The Kier molecular flexibility index (Phi) is 8.43. The Labute approximate surface area is 130 Å². The summed E-state index contributed by atoms with van der Waals surface area (Å²) in [6.45, 7) is 2.89. The summed E-state index contributed by atoms with van der Waals surface area (Å²) in [6.07, 6.45) is 1.04. The van der Waals surface area contributed by atoms with Crippen molar-refractivity contribution in [3.05, 3.63) is 54.6 Å². The second-order valence-corrected chi connectivity index (χ2v) is 15.4. The van der Waals surface area contributed by atoms with Gasteiger partial charge >= 0.3 is 34.6 Å². The third-order valence-electron chi connectivity index (χ3n) is 2.43. The maximum absolute atomic E-state index is 5.55. The molecule has 0 aliphatic heterocycles. The Balaban J connectivity index is 0.000000444. The van der Waals surface area contributed by atoms with Crippen LogP contribution in [0.15, 0.2) is 54.6 Å². The predicted molar refractivity (Wildman–Crippen MR) is 92.4 cm³/mol. The Morgan fingerprint density at radius 2 is 1.30 bits per heavy atom. The second kappa shape index (κ2) is 9.87. The van der Waals surface area contributed by atoms with E-state index in [0.29, 0.717) is 0 Å². The molecule has 0 aliphatic carbocycles. The van der Waals surface area contributed by atoms with Crippen LogP contribution in [0.3, 0.4) is 0 Å². The van der Waals surface area contributed by atoms with Gasteiger partial charge in [-0.1, -0.05) is 49.4 Å². The van der Waals surface area contributed by atoms with Gasteiger partial charge in [0.05, 0.1) is 6.61 Å². The van der Waals surface area contributed by atoms with Gasteiger partial charge in [0.15, 0.2) is 0 Å². The average Bonchev–Trinajstić information content (AvgIpc) is 2.46. The van der Waals surface area contributed by atoms with Crippen LogP contribution in [0, 0.1) is 0 Å². The summed E-state index contributed by atoms with van der Waals surface area (Å²) in [5, 5.41) is 0. The summed E-state index contributed by atoms with van der Waals surface area (Å²) < 4.78 is 5.55. The fourth-order valence-electron chi connectivity index (χ4n) is 1.59. The first-order valence-corrected chi connectivity index (χ1v) is 17.3. The summed E-state index contributed by atoms with van der Waals surface area (Å²) in [4.78, 5) is 7.13. The van der Waals surface area contributed by atoms with Crippen LogP contribution in [0.4, 0.5) is 0 Å². The molecule has 0 saturated carbocycles. The number of benzene rings is 2. The fraction of sp³-hybridized carbons (Fsp3) is 0.333. The molecule has 0 N–H and O–H groups in total. The SMILES string of the molecule is CCCOc1ccc(-c2ccccc2)cc1.[CH3][SnH]([CH3])[CH3]. The molecular weight excluding hydrogens is 351 g/mol. The molecule has 2 aromatic rings. The summed E-state index contributed by atoms with van der Waals surface area (Å²) in [5.41, 5.74) is 2.47. The van der Waals surface area contributed by atoms with Crippen LogP contribution in [0.5, 0.6) is 5.75 Å². The van der Waals surface area contributed by atoms with Crippen molar-refractivity contribution in [2.45, 2.75) is 28.2 Å². The summed E-state index contributed by atoms with van der Waals surface area (Å²) in [7, 11) is 0. The monoisotopic (exact) mass is 378 g/mol. The molecule has 0 aliphatic rings. The molecule has 0 unspecified atom stereocenters. The van der Waals surface area contributed by atoms with E-state index in [1.54, 1.807) is 0 Å². The van der Waals surface area contributed by atoms with E-state index in [0.717, 1.165) is 18.8 Å². The predicted octanol–water partition coefficient (Wildman–Crippen LogP) is 5.25. The molecule has 0 aromatic heterocycles. The molecule has 108 valence electrons. The third kappa shape index (κ3) is 6.99. The van der Waals surface area contributed by atoms with Crippen molar-refractivity contribution in [1.82, 2.24) is 0 Å². The summed E-state index contributed by atoms with van der Waals surface area (Å²) in [5.74, 6) is 0.946. The average molecular weight is 377 g/mol. The third-order valence-corrected chi connectivity index (χ3v) is 2.43. The Morgan fingerprint density at radius 1 is 0.800 bits per heavy atom. The van der Waals surface area contributed by atoms with Crippen LogP contribution >= 0.6 is 0 Å². The molecule has 0 radical (unpaired) electrons. The molecule has 0 heterocycles. The van der Waals surface area contributed by atoms with Gasteiger partial charge in [-0.2, -0.15) is 0 Å². The van der Waals surface area contributed by atoms with Gasteiger partial charge in [-0.25, -0.2) is 0 Å². The van der Waals surface area contributed by atoms with E-state index in [-0.39, 0.29) is 0 Å². The fourth-order valence-corrected chi connectivity index (χ4v) is 1.59. The van der Waals surface area contributed by atoms with Crippen molar-refractivity contribution in [3.63, 3.8) is 0 Å². The zero-order valence-electron chi connectivity index (χ0n) is 13.1. The van der Waals surface area contributed by atoms with E-state index in [9.17, 15) is 0 Å². The van der Waals surface area contributed by atoms with Crippen molar-refractivity contribution >= 4 is 19.8 Å². The van der Waals surface area contributed by atoms with Crippen molar-refractivity contribution in [1.29, 1.82) is 0 Å². The van der Waals surface area contributed by atoms with E-state index in [4.69, 9.17) is 4.74 Å². The molecular formula is C18H26OSn. The Morgan fingerprint density at radius 3 is 1.80 bits per heavy atom. The molecule has 0 saturated heterocycles. The van der Waals surface area contributed by atoms with Crippen LogP contribution in [0.2, 0.25) is 14.8 Å². The van der Waals surface area contributed by atoms with Gasteiger partial charge < -0.3 is 4.74 Å². The second-order valence-electron chi connectivity index (χ2n) is 5.47. The molecule has 2 heteroatoms. The molecule has 0 amide bonds. The Hall–Kier alpha value is -0.961. The van der Waals surface area contributed by atoms with Crippen molar-refractivity contribution in [3.8, 4) is 16.9 Å².